The van der Waals surface area contributed by atoms with E-state index >= 15 is 0 Å². The number of hydrogen-bond donors (Lipinski definition) is 2. The molecule has 0 bridgehead atoms. The summed E-state index contributed by atoms with van der Waals surface area (Å²) in [6, 6.07) is 12.8. The number of Topliss-reactive ketones (excluding diaryl/α,β-unsaturated/α-hetero) is 1. The van der Waals surface area contributed by atoms with Gasteiger partial charge in [-0.25, -0.2) is 0 Å². The summed E-state index contributed by atoms with van der Waals surface area (Å²) in [6.45, 7) is -0.0403. The Morgan fingerprint density at radius 3 is 2.28 bits per heavy atom. The Balaban J connectivity index is 1.52. The molecule has 2 aromatic rings. The van der Waals surface area contributed by atoms with Gasteiger partial charge in [0.25, 0.3) is 0 Å². The largest absolute Gasteiger partial charge is 0.375 e. The van der Waals surface area contributed by atoms with Crippen LogP contribution in [0.4, 0.5) is 11.4 Å². The first-order chi connectivity index (χ1) is 14.0. The Labute approximate surface area is 170 Å². The van der Waals surface area contributed by atoms with E-state index in [0.717, 1.165) is 19.3 Å². The monoisotopic (exact) mass is 394 g/mol. The van der Waals surface area contributed by atoms with Crippen LogP contribution >= 0.6 is 0 Å². The molecule has 2 aromatic carbocycles. The summed E-state index contributed by atoms with van der Waals surface area (Å²) in [5, 5.41) is 5.45. The Morgan fingerprint density at radius 2 is 1.55 bits per heavy atom. The molecule has 0 heterocycles. The van der Waals surface area contributed by atoms with Gasteiger partial charge in [0.05, 0.1) is 0 Å². The highest BCUT2D eigenvalue weighted by atomic mass is 16.5. The zero-order valence-electron chi connectivity index (χ0n) is 16.6. The van der Waals surface area contributed by atoms with E-state index in [4.69, 9.17) is 4.74 Å². The van der Waals surface area contributed by atoms with Crippen LogP contribution in [0.25, 0.3) is 0 Å². The number of methoxy groups -OCH3 is 1. The van der Waals surface area contributed by atoms with E-state index in [0.29, 0.717) is 16.9 Å². The number of nitrogens with one attached hydrogen (secondary N) is 2. The Bertz CT molecular complexity index is 908. The molecule has 0 aliphatic heterocycles. The third-order valence-electron chi connectivity index (χ3n) is 4.96. The summed E-state index contributed by atoms with van der Waals surface area (Å²) < 4.78 is 4.78. The van der Waals surface area contributed by atoms with Gasteiger partial charge in [-0.1, -0.05) is 18.2 Å². The van der Waals surface area contributed by atoms with Gasteiger partial charge in [0.1, 0.15) is 6.61 Å². The summed E-state index contributed by atoms with van der Waals surface area (Å²) in [7, 11) is 1.45. The number of ether oxygens (including phenoxy) is 1. The number of benzene rings is 2. The smallest absolute Gasteiger partial charge is 0.250 e. The molecule has 0 atom stereocenters. The number of carbonyl (C=O) groups is 3. The highest BCUT2D eigenvalue weighted by molar-refractivity contribution is 6.00. The SMILES string of the molecule is COCC(=O)Nc1cccc(NC(=O)CCC(=O)c2ccc3c(c2)CCCC3)c1. The van der Waals surface area contributed by atoms with E-state index in [1.807, 2.05) is 18.2 Å². The molecule has 1 aliphatic rings. The molecule has 6 nitrogen and oxygen atoms in total. The maximum absolute atomic E-state index is 12.5. The lowest BCUT2D eigenvalue weighted by Crippen LogP contribution is -2.17. The molecule has 2 amide bonds. The second-order valence-corrected chi connectivity index (χ2v) is 7.22. The van der Waals surface area contributed by atoms with Crippen molar-refractivity contribution in [1.29, 1.82) is 0 Å². The topological polar surface area (TPSA) is 84.5 Å². The zero-order chi connectivity index (χ0) is 20.6. The van der Waals surface area contributed by atoms with Crippen LogP contribution in [0.2, 0.25) is 0 Å². The van der Waals surface area contributed by atoms with Gasteiger partial charge in [-0.05, 0) is 61.1 Å². The van der Waals surface area contributed by atoms with Crippen molar-refractivity contribution in [3.05, 3.63) is 59.2 Å². The minimum Gasteiger partial charge on any atom is -0.375 e. The maximum atomic E-state index is 12.5. The average Bonchev–Trinajstić information content (AvgIpc) is 2.72. The highest BCUT2D eigenvalue weighted by Crippen LogP contribution is 2.23. The lowest BCUT2D eigenvalue weighted by atomic mass is 9.89. The van der Waals surface area contributed by atoms with Crippen molar-refractivity contribution in [3.63, 3.8) is 0 Å². The van der Waals surface area contributed by atoms with Gasteiger partial charge >= 0.3 is 0 Å². The average molecular weight is 394 g/mol. The fourth-order valence-corrected chi connectivity index (χ4v) is 3.50. The summed E-state index contributed by atoms with van der Waals surface area (Å²) in [5.74, 6) is -0.530. The molecule has 29 heavy (non-hydrogen) atoms. The van der Waals surface area contributed by atoms with Gasteiger partial charge in [0, 0.05) is 36.9 Å². The fraction of sp³-hybridized carbons (Fsp3) is 0.348. The highest BCUT2D eigenvalue weighted by Gasteiger charge is 2.14. The number of aryl methyl sites for hydroxylation is 2. The van der Waals surface area contributed by atoms with Crippen molar-refractivity contribution in [2.75, 3.05) is 24.4 Å². The third kappa shape index (κ3) is 5.99. The van der Waals surface area contributed by atoms with Crippen LogP contribution < -0.4 is 10.6 Å². The molecule has 1 aliphatic carbocycles. The Kier molecular flexibility index (Phi) is 7.14. The molecular weight excluding hydrogens is 368 g/mol. The first kappa shape index (κ1) is 20.7. The summed E-state index contributed by atoms with van der Waals surface area (Å²) in [4.78, 5) is 36.3. The molecule has 0 aromatic heterocycles. The van der Waals surface area contributed by atoms with E-state index in [2.05, 4.69) is 10.6 Å². The van der Waals surface area contributed by atoms with E-state index in [9.17, 15) is 14.4 Å². The molecule has 6 heteroatoms. The van der Waals surface area contributed by atoms with Crippen LogP contribution in [0.5, 0.6) is 0 Å². The predicted octanol–water partition coefficient (Wildman–Crippen LogP) is 3.75. The van der Waals surface area contributed by atoms with E-state index in [1.54, 1.807) is 24.3 Å². The molecule has 0 unspecified atom stereocenters. The second-order valence-electron chi connectivity index (χ2n) is 7.22. The fourth-order valence-electron chi connectivity index (χ4n) is 3.50. The second kappa shape index (κ2) is 9.98. The Morgan fingerprint density at radius 1 is 0.862 bits per heavy atom. The summed E-state index contributed by atoms with van der Waals surface area (Å²) in [5.41, 5.74) is 4.41. The van der Waals surface area contributed by atoms with Crippen LogP contribution in [0.15, 0.2) is 42.5 Å². The standard InChI is InChI=1S/C23H26N2O4/c1-29-15-23(28)25-20-8-4-7-19(14-20)24-22(27)12-11-21(26)18-10-9-16-5-2-3-6-17(16)13-18/h4,7-10,13-14H,2-3,5-6,11-12,15H2,1H3,(H,24,27)(H,25,28). The molecule has 0 saturated carbocycles. The van der Waals surface area contributed by atoms with Crippen molar-refractivity contribution in [2.45, 2.75) is 38.5 Å². The zero-order valence-corrected chi connectivity index (χ0v) is 16.6. The van der Waals surface area contributed by atoms with Gasteiger partial charge < -0.3 is 15.4 Å². The number of ketones is 1. The van der Waals surface area contributed by atoms with Gasteiger partial charge in [0.15, 0.2) is 5.78 Å². The van der Waals surface area contributed by atoms with Crippen molar-refractivity contribution >= 4 is 29.0 Å². The van der Waals surface area contributed by atoms with Gasteiger partial charge in [-0.3, -0.25) is 14.4 Å². The quantitative estimate of drug-likeness (QED) is 0.668. The van der Waals surface area contributed by atoms with Gasteiger partial charge in [-0.15, -0.1) is 0 Å². The number of rotatable bonds is 8. The van der Waals surface area contributed by atoms with Crippen molar-refractivity contribution in [3.8, 4) is 0 Å². The molecule has 152 valence electrons. The van der Waals surface area contributed by atoms with Crippen LogP contribution in [-0.2, 0) is 27.2 Å². The van der Waals surface area contributed by atoms with Crippen molar-refractivity contribution in [1.82, 2.24) is 0 Å². The van der Waals surface area contributed by atoms with Gasteiger partial charge in [0.2, 0.25) is 11.8 Å². The minimum absolute atomic E-state index is 0.0193. The van der Waals surface area contributed by atoms with E-state index in [-0.39, 0.29) is 37.0 Å². The molecular formula is C23H26N2O4. The minimum atomic E-state index is -0.272. The third-order valence-corrected chi connectivity index (χ3v) is 4.96. The molecule has 0 spiro atoms. The molecule has 0 saturated heterocycles. The number of amides is 2. The number of fused-ring (bicyclic) bond motifs is 1. The van der Waals surface area contributed by atoms with E-state index in [1.165, 1.54) is 24.7 Å². The Hall–Kier alpha value is -2.99. The van der Waals surface area contributed by atoms with Crippen LogP contribution in [-0.4, -0.2) is 31.3 Å². The van der Waals surface area contributed by atoms with Gasteiger partial charge in [-0.2, -0.15) is 0 Å². The molecule has 3 rings (SSSR count). The first-order valence-corrected chi connectivity index (χ1v) is 9.89. The van der Waals surface area contributed by atoms with Crippen molar-refractivity contribution in [2.24, 2.45) is 0 Å². The van der Waals surface area contributed by atoms with E-state index < -0.39 is 0 Å². The number of anilines is 2. The number of hydrogen-bond acceptors (Lipinski definition) is 4. The maximum Gasteiger partial charge on any atom is 0.250 e. The molecule has 0 radical (unpaired) electrons. The van der Waals surface area contributed by atoms with Crippen molar-refractivity contribution < 1.29 is 19.1 Å². The molecule has 2 N–H and O–H groups in total. The normalized spacial score (nSPS) is 12.7. The first-order valence-electron chi connectivity index (χ1n) is 9.89. The lowest BCUT2D eigenvalue weighted by Gasteiger charge is -2.16. The van der Waals surface area contributed by atoms with Crippen LogP contribution in [0.3, 0.4) is 0 Å². The number of carbonyl (C=O) groups excluding carboxylic acids is 3. The predicted molar refractivity (Wildman–Crippen MR) is 112 cm³/mol. The summed E-state index contributed by atoms with van der Waals surface area (Å²) in [6.07, 6.45) is 4.74. The van der Waals surface area contributed by atoms with Crippen LogP contribution in [0.1, 0.15) is 47.2 Å². The molecule has 0 fully saturated rings. The lowest BCUT2D eigenvalue weighted by molar-refractivity contribution is -0.119. The van der Waals surface area contributed by atoms with Crippen LogP contribution in [0, 0.1) is 0 Å². The summed E-state index contributed by atoms with van der Waals surface area (Å²) >= 11 is 0.